The highest BCUT2D eigenvalue weighted by molar-refractivity contribution is 6.13. The van der Waals surface area contributed by atoms with Crippen molar-refractivity contribution in [3.05, 3.63) is 63.2 Å². The van der Waals surface area contributed by atoms with Crippen LogP contribution in [0, 0.1) is 12.3 Å². The SMILES string of the molecule is Cc1[nH]n(-c2ccccc2)c(=O)c1C1(C(F)(F)F)C(=O)N(C2CCCC2)C2=C1C(=O)CC(C)(C)C2. The predicted octanol–water partition coefficient (Wildman–Crippen LogP) is 4.70. The van der Waals surface area contributed by atoms with Gasteiger partial charge in [0.2, 0.25) is 5.41 Å². The molecule has 3 aliphatic rings. The van der Waals surface area contributed by atoms with Gasteiger partial charge >= 0.3 is 6.18 Å². The van der Waals surface area contributed by atoms with Crippen molar-refractivity contribution in [1.29, 1.82) is 0 Å². The molecule has 186 valence electrons. The number of aromatic nitrogens is 2. The number of ketones is 1. The maximum absolute atomic E-state index is 15.3. The number of nitrogens with one attached hydrogen (secondary N) is 1. The number of allylic oxidation sites excluding steroid dienone is 1. The summed E-state index contributed by atoms with van der Waals surface area (Å²) in [5, 5.41) is 2.73. The molecule has 0 saturated heterocycles. The van der Waals surface area contributed by atoms with Crippen molar-refractivity contribution in [1.82, 2.24) is 14.7 Å². The number of aryl methyl sites for hydroxylation is 1. The zero-order chi connectivity index (χ0) is 25.3. The highest BCUT2D eigenvalue weighted by Crippen LogP contribution is 2.58. The van der Waals surface area contributed by atoms with E-state index in [2.05, 4.69) is 5.10 Å². The van der Waals surface area contributed by atoms with E-state index in [1.54, 1.807) is 30.3 Å². The van der Waals surface area contributed by atoms with Crippen LogP contribution in [0.5, 0.6) is 0 Å². The van der Waals surface area contributed by atoms with Crippen molar-refractivity contribution >= 4 is 11.7 Å². The number of halogens is 3. The number of Topliss-reactive ketones (excluding diaryl/α,β-unsaturated/α-hetero) is 1. The number of carbonyl (C=O) groups excluding carboxylic acids is 2. The molecule has 0 radical (unpaired) electrons. The molecule has 2 aromatic rings. The Bertz CT molecular complexity index is 1300. The molecule has 0 spiro atoms. The number of amides is 1. The van der Waals surface area contributed by atoms with Crippen LogP contribution in [0.25, 0.3) is 5.69 Å². The first-order valence-electron chi connectivity index (χ1n) is 11.9. The number of hydrogen-bond donors (Lipinski definition) is 1. The minimum Gasteiger partial charge on any atom is -0.311 e. The largest absolute Gasteiger partial charge is 0.411 e. The number of carbonyl (C=O) groups is 2. The fourth-order valence-corrected chi connectivity index (χ4v) is 6.26. The van der Waals surface area contributed by atoms with Crippen LogP contribution in [0.3, 0.4) is 0 Å². The van der Waals surface area contributed by atoms with Crippen LogP contribution in [-0.2, 0) is 15.0 Å². The Morgan fingerprint density at radius 2 is 1.63 bits per heavy atom. The van der Waals surface area contributed by atoms with Crippen LogP contribution in [0.1, 0.15) is 63.6 Å². The highest BCUT2D eigenvalue weighted by atomic mass is 19.4. The molecule has 1 amide bonds. The summed E-state index contributed by atoms with van der Waals surface area (Å²) in [6, 6.07) is 7.81. The number of alkyl halides is 3. The van der Waals surface area contributed by atoms with Crippen LogP contribution < -0.4 is 5.56 Å². The molecule has 6 nitrogen and oxygen atoms in total. The second-order valence-corrected chi connectivity index (χ2v) is 10.7. The minimum absolute atomic E-state index is 0.0812. The van der Waals surface area contributed by atoms with Crippen molar-refractivity contribution in [3.8, 4) is 5.69 Å². The number of H-pyrrole nitrogens is 1. The Morgan fingerprint density at radius 1 is 1.00 bits per heavy atom. The summed E-state index contributed by atoms with van der Waals surface area (Å²) in [6.45, 7) is 5.00. The van der Waals surface area contributed by atoms with E-state index in [1.165, 1.54) is 11.8 Å². The van der Waals surface area contributed by atoms with Crippen molar-refractivity contribution < 1.29 is 22.8 Å². The van der Waals surface area contributed by atoms with E-state index in [0.717, 1.165) is 17.5 Å². The molecular weight excluding hydrogens is 459 g/mol. The molecule has 1 N–H and O–H groups in total. The Kier molecular flexibility index (Phi) is 5.20. The molecule has 1 atom stereocenters. The number of benzene rings is 1. The van der Waals surface area contributed by atoms with Gasteiger partial charge in [0.05, 0.1) is 11.3 Å². The average molecular weight is 488 g/mol. The normalized spacial score (nSPS) is 25.0. The van der Waals surface area contributed by atoms with E-state index in [-0.39, 0.29) is 24.2 Å². The van der Waals surface area contributed by atoms with Gasteiger partial charge in [-0.25, -0.2) is 4.68 Å². The Labute approximate surface area is 200 Å². The molecule has 1 saturated carbocycles. The third-order valence-corrected chi connectivity index (χ3v) is 7.63. The minimum atomic E-state index is -5.18. The van der Waals surface area contributed by atoms with Gasteiger partial charge in [-0.15, -0.1) is 0 Å². The summed E-state index contributed by atoms with van der Waals surface area (Å²) in [5.74, 6) is -1.93. The molecule has 35 heavy (non-hydrogen) atoms. The van der Waals surface area contributed by atoms with E-state index in [0.29, 0.717) is 18.5 Å². The van der Waals surface area contributed by atoms with Gasteiger partial charge in [0.25, 0.3) is 11.5 Å². The molecule has 1 unspecified atom stereocenters. The summed E-state index contributed by atoms with van der Waals surface area (Å²) < 4.78 is 47.0. The van der Waals surface area contributed by atoms with E-state index >= 15 is 13.2 Å². The van der Waals surface area contributed by atoms with Gasteiger partial charge in [-0.3, -0.25) is 19.5 Å². The second kappa shape index (κ2) is 7.70. The molecule has 1 aliphatic heterocycles. The number of nitrogens with zero attached hydrogens (tertiary/aromatic N) is 2. The summed E-state index contributed by atoms with van der Waals surface area (Å²) in [7, 11) is 0. The quantitative estimate of drug-likeness (QED) is 0.682. The number of rotatable bonds is 3. The van der Waals surface area contributed by atoms with Gasteiger partial charge < -0.3 is 4.90 Å². The number of para-hydroxylation sites is 1. The Balaban J connectivity index is 1.84. The number of aromatic amines is 1. The maximum Gasteiger partial charge on any atom is 0.411 e. The van der Waals surface area contributed by atoms with Crippen LogP contribution in [0.15, 0.2) is 46.4 Å². The van der Waals surface area contributed by atoms with Gasteiger partial charge in [0, 0.05) is 29.4 Å². The lowest BCUT2D eigenvalue weighted by Gasteiger charge is -2.35. The van der Waals surface area contributed by atoms with E-state index in [9.17, 15) is 14.4 Å². The summed E-state index contributed by atoms with van der Waals surface area (Å²) in [6.07, 6.45) is -2.38. The molecule has 1 aromatic carbocycles. The average Bonchev–Trinajstić information content (AvgIpc) is 3.44. The van der Waals surface area contributed by atoms with Gasteiger partial charge in [-0.2, -0.15) is 13.2 Å². The zero-order valence-corrected chi connectivity index (χ0v) is 20.0. The summed E-state index contributed by atoms with van der Waals surface area (Å²) in [4.78, 5) is 42.4. The lowest BCUT2D eigenvalue weighted by Crippen LogP contribution is -2.56. The van der Waals surface area contributed by atoms with Crippen molar-refractivity contribution in [2.75, 3.05) is 0 Å². The zero-order valence-electron chi connectivity index (χ0n) is 20.0. The third kappa shape index (κ3) is 3.27. The first-order chi connectivity index (χ1) is 16.4. The third-order valence-electron chi connectivity index (χ3n) is 7.63. The molecule has 2 aliphatic carbocycles. The van der Waals surface area contributed by atoms with E-state index in [1.807, 2.05) is 13.8 Å². The van der Waals surface area contributed by atoms with Crippen LogP contribution >= 0.6 is 0 Å². The van der Waals surface area contributed by atoms with Gasteiger partial charge in [0.1, 0.15) is 0 Å². The monoisotopic (exact) mass is 487 g/mol. The molecular formula is C26H28F3N3O3. The van der Waals surface area contributed by atoms with Crippen LogP contribution in [-0.4, -0.2) is 38.6 Å². The highest BCUT2D eigenvalue weighted by Gasteiger charge is 2.73. The molecule has 1 aromatic heterocycles. The second-order valence-electron chi connectivity index (χ2n) is 10.7. The summed E-state index contributed by atoms with van der Waals surface area (Å²) >= 11 is 0. The smallest absolute Gasteiger partial charge is 0.311 e. The molecule has 5 rings (SSSR count). The van der Waals surface area contributed by atoms with Crippen molar-refractivity contribution in [2.45, 2.75) is 76.9 Å². The van der Waals surface area contributed by atoms with Crippen LogP contribution in [0.2, 0.25) is 0 Å². The topological polar surface area (TPSA) is 75.2 Å². The first-order valence-corrected chi connectivity index (χ1v) is 11.9. The Hall–Kier alpha value is -3.10. The molecule has 9 heteroatoms. The number of hydrogen-bond acceptors (Lipinski definition) is 3. The molecule has 1 fully saturated rings. The van der Waals surface area contributed by atoms with Crippen LogP contribution in [0.4, 0.5) is 13.2 Å². The van der Waals surface area contributed by atoms with Gasteiger partial charge in [-0.1, -0.05) is 44.9 Å². The lowest BCUT2D eigenvalue weighted by molar-refractivity contribution is -0.190. The van der Waals surface area contributed by atoms with E-state index in [4.69, 9.17) is 0 Å². The standard InChI is InChI=1S/C26H28F3N3O3/c1-15-20(22(34)32(30-15)17-11-5-4-6-12-17)25(26(27,28)29)21-18(13-24(2,3)14-19(21)33)31(23(25)35)16-9-7-8-10-16/h4-6,11-12,16,30H,7-10,13-14H2,1-3H3. The first kappa shape index (κ1) is 23.6. The van der Waals surface area contributed by atoms with Gasteiger partial charge in [0.15, 0.2) is 5.78 Å². The van der Waals surface area contributed by atoms with Gasteiger partial charge in [-0.05, 0) is 43.7 Å². The fraction of sp³-hybridized carbons (Fsp3) is 0.500. The summed E-state index contributed by atoms with van der Waals surface area (Å²) in [5.41, 5.74) is -5.75. The maximum atomic E-state index is 15.3. The molecule has 0 bridgehead atoms. The van der Waals surface area contributed by atoms with Crippen molar-refractivity contribution in [2.24, 2.45) is 5.41 Å². The lowest BCUT2D eigenvalue weighted by atomic mass is 9.66. The fourth-order valence-electron chi connectivity index (χ4n) is 6.26. The Morgan fingerprint density at radius 3 is 2.23 bits per heavy atom. The predicted molar refractivity (Wildman–Crippen MR) is 123 cm³/mol. The van der Waals surface area contributed by atoms with E-state index < -0.39 is 51.4 Å². The van der Waals surface area contributed by atoms with Crippen molar-refractivity contribution in [3.63, 3.8) is 0 Å². The molecule has 2 heterocycles.